The predicted octanol–water partition coefficient (Wildman–Crippen LogP) is 4.04. The Morgan fingerprint density at radius 2 is 2.06 bits per heavy atom. The molecule has 4 rings (SSSR count). The molecular weight excluding hydrogens is 475 g/mol. The number of carbonyl (C=O) groups excluding carboxylic acids is 1. The fourth-order valence-electron chi connectivity index (χ4n) is 4.02. The predicted molar refractivity (Wildman–Crippen MR) is 122 cm³/mol. The maximum absolute atomic E-state index is 15.3. The van der Waals surface area contributed by atoms with Gasteiger partial charge in [-0.15, -0.1) is 0 Å². The second-order valence-corrected chi connectivity index (χ2v) is 8.00. The Kier molecular flexibility index (Phi) is 6.78. The molecule has 2 aromatic heterocycles. The highest BCUT2D eigenvalue weighted by molar-refractivity contribution is 5.96. The molecule has 0 spiro atoms. The third-order valence-electron chi connectivity index (χ3n) is 5.62. The van der Waals surface area contributed by atoms with Gasteiger partial charge in [-0.1, -0.05) is 0 Å². The van der Waals surface area contributed by atoms with Crippen LogP contribution in [-0.4, -0.2) is 39.9 Å². The molecule has 11 heteroatoms. The first-order valence-corrected chi connectivity index (χ1v) is 10.8. The Labute approximate surface area is 203 Å². The average molecular weight is 496 g/mol. The molecule has 184 valence electrons. The fraction of sp³-hybridized carbons (Fsp3) is 0.200. The number of aromatic nitrogens is 3. The number of nitriles is 1. The van der Waals surface area contributed by atoms with Crippen molar-refractivity contribution < 1.29 is 32.6 Å². The minimum atomic E-state index is -0.922. The van der Waals surface area contributed by atoms with Crippen molar-refractivity contribution in [3.8, 4) is 22.9 Å². The van der Waals surface area contributed by atoms with Gasteiger partial charge in [0.05, 0.1) is 53.0 Å². The number of rotatable bonds is 7. The molecule has 0 saturated carbocycles. The third kappa shape index (κ3) is 4.53. The summed E-state index contributed by atoms with van der Waals surface area (Å²) in [4.78, 5) is 14.5. The fourth-order valence-corrected chi connectivity index (χ4v) is 4.02. The Hall–Kier alpha value is -4.59. The zero-order valence-corrected chi connectivity index (χ0v) is 19.3. The molecule has 0 atom stereocenters. The number of fused-ring (bicyclic) bond motifs is 1. The summed E-state index contributed by atoms with van der Waals surface area (Å²) < 4.78 is 48.8. The van der Waals surface area contributed by atoms with Crippen molar-refractivity contribution in [1.82, 2.24) is 15.1 Å². The third-order valence-corrected chi connectivity index (χ3v) is 5.62. The van der Waals surface area contributed by atoms with Crippen molar-refractivity contribution in [2.24, 2.45) is 0 Å². The lowest BCUT2D eigenvalue weighted by Crippen LogP contribution is -2.36. The Morgan fingerprint density at radius 3 is 2.75 bits per heavy atom. The molecule has 0 aliphatic carbocycles. The Bertz CT molecular complexity index is 1510. The van der Waals surface area contributed by atoms with E-state index >= 15 is 4.39 Å². The highest BCUT2D eigenvalue weighted by atomic mass is 19.1. The summed E-state index contributed by atoms with van der Waals surface area (Å²) in [5.41, 5.74) is 0.908. The number of benzene rings is 2. The first-order valence-electron chi connectivity index (χ1n) is 10.8. The van der Waals surface area contributed by atoms with Crippen molar-refractivity contribution in [3.63, 3.8) is 0 Å². The van der Waals surface area contributed by atoms with Crippen molar-refractivity contribution in [2.45, 2.75) is 20.1 Å². The normalized spacial score (nSPS) is 10.9. The van der Waals surface area contributed by atoms with E-state index in [0.717, 1.165) is 18.2 Å². The van der Waals surface area contributed by atoms with Crippen LogP contribution in [0.5, 0.6) is 5.75 Å². The molecule has 2 N–H and O–H groups in total. The number of halogens is 3. The number of hydrogen-bond acceptors (Lipinski definition) is 5. The van der Waals surface area contributed by atoms with E-state index in [4.69, 9.17) is 10.00 Å². The van der Waals surface area contributed by atoms with Crippen LogP contribution in [0, 0.1) is 23.0 Å². The summed E-state index contributed by atoms with van der Waals surface area (Å²) in [6.07, 6.45) is 2.64. The Morgan fingerprint density at radius 1 is 1.28 bits per heavy atom. The largest absolute Gasteiger partial charge is 0.493 e. The maximum atomic E-state index is 15.3. The average Bonchev–Trinajstić information content (AvgIpc) is 3.33. The van der Waals surface area contributed by atoms with Crippen LogP contribution in [0.4, 0.5) is 13.2 Å². The molecule has 0 bridgehead atoms. The molecule has 0 aliphatic heterocycles. The van der Waals surface area contributed by atoms with Gasteiger partial charge in [0, 0.05) is 17.3 Å². The molecular formula is C25H21F3N5O3+. The van der Waals surface area contributed by atoms with Crippen molar-refractivity contribution in [1.29, 1.82) is 5.26 Å². The van der Waals surface area contributed by atoms with Gasteiger partial charge in [-0.05, 0) is 42.8 Å². The smallest absolute Gasteiger partial charge is 0.275 e. The van der Waals surface area contributed by atoms with Crippen molar-refractivity contribution in [2.75, 3.05) is 13.7 Å². The van der Waals surface area contributed by atoms with Crippen LogP contribution in [0.2, 0.25) is 0 Å². The monoisotopic (exact) mass is 496 g/mol. The lowest BCUT2D eigenvalue weighted by atomic mass is 9.99. The van der Waals surface area contributed by atoms with Gasteiger partial charge in [0.15, 0.2) is 6.67 Å². The molecule has 0 fully saturated rings. The van der Waals surface area contributed by atoms with E-state index in [1.807, 2.05) is 6.07 Å². The molecule has 2 heterocycles. The minimum Gasteiger partial charge on any atom is -0.493 e. The first kappa shape index (κ1) is 24.5. The number of aromatic amines is 1. The highest BCUT2D eigenvalue weighted by Crippen LogP contribution is 2.35. The number of ether oxygens (including phenoxy) is 1. The van der Waals surface area contributed by atoms with Crippen LogP contribution in [-0.2, 0) is 13.2 Å². The van der Waals surface area contributed by atoms with Crippen LogP contribution in [0.1, 0.15) is 34.1 Å². The summed E-state index contributed by atoms with van der Waals surface area (Å²) in [6.45, 7) is 0.882. The van der Waals surface area contributed by atoms with Gasteiger partial charge in [-0.3, -0.25) is 15.1 Å². The van der Waals surface area contributed by atoms with Crippen molar-refractivity contribution >= 4 is 16.8 Å². The summed E-state index contributed by atoms with van der Waals surface area (Å²) in [5, 5.41) is 26.2. The Balaban J connectivity index is 1.70. The van der Waals surface area contributed by atoms with E-state index in [0.29, 0.717) is 21.2 Å². The van der Waals surface area contributed by atoms with Gasteiger partial charge in [0.2, 0.25) is 6.20 Å². The number of pyridine rings is 1. The lowest BCUT2D eigenvalue weighted by molar-refractivity contribution is -0.909. The van der Waals surface area contributed by atoms with Crippen LogP contribution < -0.4 is 9.47 Å². The van der Waals surface area contributed by atoms with Crippen molar-refractivity contribution in [3.05, 3.63) is 76.7 Å². The van der Waals surface area contributed by atoms with Gasteiger partial charge in [-0.25, -0.2) is 13.2 Å². The standard InChI is InChI=1S/C25H20F3N5O3/c1-3-36-22-8-16(7-20(28)23(22)15-4-14(10-29)5-18(27)6-15)25(34)32(2)12-17-13-33(35)21(9-26)19-11-30-31-24(17)19/h4-8,11,13,35H,3,9,12H2,1-2H3/p+1. The van der Waals surface area contributed by atoms with Gasteiger partial charge in [0.1, 0.15) is 17.4 Å². The number of alkyl halides is 1. The number of amides is 1. The van der Waals surface area contributed by atoms with Gasteiger partial charge < -0.3 is 9.64 Å². The molecule has 1 amide bonds. The van der Waals surface area contributed by atoms with Crippen LogP contribution in [0.3, 0.4) is 0 Å². The van der Waals surface area contributed by atoms with Gasteiger partial charge >= 0.3 is 0 Å². The van der Waals surface area contributed by atoms with Crippen LogP contribution in [0.15, 0.2) is 42.7 Å². The molecule has 0 saturated heterocycles. The van der Waals surface area contributed by atoms with E-state index in [1.165, 1.54) is 36.5 Å². The van der Waals surface area contributed by atoms with E-state index in [1.54, 1.807) is 6.92 Å². The summed E-state index contributed by atoms with van der Waals surface area (Å²) in [7, 11) is 1.48. The first-order chi connectivity index (χ1) is 17.3. The topological polar surface area (TPSA) is 106 Å². The maximum Gasteiger partial charge on any atom is 0.275 e. The zero-order chi connectivity index (χ0) is 26.0. The summed E-state index contributed by atoms with van der Waals surface area (Å²) >= 11 is 0. The van der Waals surface area contributed by atoms with E-state index in [2.05, 4.69) is 10.2 Å². The van der Waals surface area contributed by atoms with E-state index in [9.17, 15) is 18.8 Å². The number of nitrogens with zero attached hydrogens (tertiary/aromatic N) is 4. The van der Waals surface area contributed by atoms with Gasteiger partial charge in [-0.2, -0.15) is 10.4 Å². The molecule has 8 nitrogen and oxygen atoms in total. The number of carbonyl (C=O) groups is 1. The summed E-state index contributed by atoms with van der Waals surface area (Å²) in [6, 6.07) is 7.63. The number of nitrogens with one attached hydrogen (secondary N) is 1. The second-order valence-electron chi connectivity index (χ2n) is 8.00. The van der Waals surface area contributed by atoms with E-state index in [-0.39, 0.29) is 46.8 Å². The SMILES string of the molecule is CCOc1cc(C(=O)N(C)Cc2c[n+](O)c(CF)c3cn[nH]c23)cc(F)c1-c1cc(F)cc(C#N)c1. The number of H-pyrrole nitrogens is 1. The molecule has 0 unspecified atom stereocenters. The van der Waals surface area contributed by atoms with Crippen LogP contribution in [0.25, 0.3) is 22.0 Å². The highest BCUT2D eigenvalue weighted by Gasteiger charge is 2.25. The lowest BCUT2D eigenvalue weighted by Gasteiger charge is -2.19. The molecule has 0 aliphatic rings. The van der Waals surface area contributed by atoms with Crippen LogP contribution >= 0.6 is 0 Å². The van der Waals surface area contributed by atoms with E-state index < -0.39 is 24.2 Å². The molecule has 0 radical (unpaired) electrons. The molecule has 4 aromatic rings. The zero-order valence-electron chi connectivity index (χ0n) is 19.3. The van der Waals surface area contributed by atoms with Gasteiger partial charge in [0.25, 0.3) is 11.6 Å². The summed E-state index contributed by atoms with van der Waals surface area (Å²) in [5.74, 6) is -2.09. The second kappa shape index (κ2) is 9.95. The number of hydrogen-bond donors (Lipinski definition) is 2. The molecule has 2 aromatic carbocycles. The molecule has 36 heavy (non-hydrogen) atoms. The minimum absolute atomic E-state index is 0.00685. The quantitative estimate of drug-likeness (QED) is 0.297.